The van der Waals surface area contributed by atoms with Gasteiger partial charge in [-0.2, -0.15) is 0 Å². The summed E-state index contributed by atoms with van der Waals surface area (Å²) in [6.07, 6.45) is 0.904. The molecule has 1 aliphatic heterocycles. The summed E-state index contributed by atoms with van der Waals surface area (Å²) in [5.74, 6) is -3.82. The Kier molecular flexibility index (Phi) is 1.95. The standard InChI is InChI=1S/C7H6O5/c1-3(6(9)10)4-2-5(8)12-7(4)11/h2-3H,1H3,(H,9,10). The van der Waals surface area contributed by atoms with Gasteiger partial charge in [0, 0.05) is 6.08 Å². The van der Waals surface area contributed by atoms with Crippen molar-refractivity contribution in [2.75, 3.05) is 0 Å². The third-order valence-electron chi connectivity index (χ3n) is 1.54. The highest BCUT2D eigenvalue weighted by molar-refractivity contribution is 6.11. The van der Waals surface area contributed by atoms with Crippen LogP contribution in [0.5, 0.6) is 0 Å². The second-order valence-electron chi connectivity index (χ2n) is 2.37. The Bertz CT molecular complexity index is 288. The van der Waals surface area contributed by atoms with Crippen molar-refractivity contribution in [1.29, 1.82) is 0 Å². The summed E-state index contributed by atoms with van der Waals surface area (Å²) in [6.45, 7) is 1.31. The minimum absolute atomic E-state index is 0.104. The van der Waals surface area contributed by atoms with Gasteiger partial charge >= 0.3 is 17.9 Å². The van der Waals surface area contributed by atoms with Crippen LogP contribution in [0.15, 0.2) is 11.6 Å². The largest absolute Gasteiger partial charge is 0.481 e. The monoisotopic (exact) mass is 170 g/mol. The lowest BCUT2D eigenvalue weighted by atomic mass is 10.0. The van der Waals surface area contributed by atoms with Crippen LogP contribution in [-0.4, -0.2) is 23.0 Å². The van der Waals surface area contributed by atoms with Crippen LogP contribution in [0.4, 0.5) is 0 Å². The number of carbonyl (C=O) groups excluding carboxylic acids is 2. The number of esters is 2. The summed E-state index contributed by atoms with van der Waals surface area (Å²) in [5, 5.41) is 8.49. The molecule has 0 aromatic heterocycles. The average molecular weight is 170 g/mol. The quantitative estimate of drug-likeness (QED) is 0.455. The molecule has 1 heterocycles. The van der Waals surface area contributed by atoms with Crippen molar-refractivity contribution >= 4 is 17.9 Å². The number of hydrogen-bond acceptors (Lipinski definition) is 4. The lowest BCUT2D eigenvalue weighted by molar-refractivity contribution is -0.152. The van der Waals surface area contributed by atoms with Gasteiger partial charge in [0.1, 0.15) is 0 Å². The maximum Gasteiger partial charge on any atom is 0.343 e. The molecule has 1 rings (SSSR count). The van der Waals surface area contributed by atoms with E-state index in [0.29, 0.717) is 0 Å². The first-order valence-corrected chi connectivity index (χ1v) is 3.23. The molecule has 5 heteroatoms. The highest BCUT2D eigenvalue weighted by Gasteiger charge is 2.31. The van der Waals surface area contributed by atoms with E-state index in [1.165, 1.54) is 6.92 Å². The van der Waals surface area contributed by atoms with E-state index in [9.17, 15) is 14.4 Å². The minimum atomic E-state index is -1.16. The van der Waals surface area contributed by atoms with Crippen LogP contribution in [-0.2, 0) is 19.1 Å². The summed E-state index contributed by atoms with van der Waals surface area (Å²) >= 11 is 0. The lowest BCUT2D eigenvalue weighted by Gasteiger charge is -2.02. The summed E-state index contributed by atoms with van der Waals surface area (Å²) in [5.41, 5.74) is -0.104. The molecule has 1 atom stereocenters. The Balaban J connectivity index is 2.89. The number of rotatable bonds is 2. The fourth-order valence-electron chi connectivity index (χ4n) is 0.800. The summed E-state index contributed by atoms with van der Waals surface area (Å²) in [4.78, 5) is 31.6. The van der Waals surface area contributed by atoms with Gasteiger partial charge in [-0.05, 0) is 6.92 Å². The van der Waals surface area contributed by atoms with Gasteiger partial charge in [0.05, 0.1) is 11.5 Å². The van der Waals surface area contributed by atoms with Crippen molar-refractivity contribution < 1.29 is 24.2 Å². The molecule has 5 nitrogen and oxygen atoms in total. The summed E-state index contributed by atoms with van der Waals surface area (Å²) < 4.78 is 4.11. The Labute approximate surface area is 67.6 Å². The van der Waals surface area contributed by atoms with E-state index < -0.39 is 23.8 Å². The highest BCUT2D eigenvalue weighted by Crippen LogP contribution is 2.17. The molecule has 0 aromatic carbocycles. The molecule has 1 N–H and O–H groups in total. The van der Waals surface area contributed by atoms with Gasteiger partial charge in [-0.1, -0.05) is 0 Å². The van der Waals surface area contributed by atoms with Crippen LogP contribution in [0, 0.1) is 5.92 Å². The fourth-order valence-corrected chi connectivity index (χ4v) is 0.800. The normalized spacial score (nSPS) is 18.6. The van der Waals surface area contributed by atoms with E-state index in [2.05, 4.69) is 4.74 Å². The maximum absolute atomic E-state index is 10.8. The molecule has 0 radical (unpaired) electrons. The molecule has 0 spiro atoms. The molecule has 0 aromatic rings. The Morgan fingerprint density at radius 2 is 2.17 bits per heavy atom. The smallest absolute Gasteiger partial charge is 0.343 e. The Morgan fingerprint density at radius 3 is 2.50 bits per heavy atom. The number of aliphatic carboxylic acids is 1. The zero-order valence-corrected chi connectivity index (χ0v) is 6.23. The van der Waals surface area contributed by atoms with Crippen LogP contribution >= 0.6 is 0 Å². The van der Waals surface area contributed by atoms with E-state index in [-0.39, 0.29) is 5.57 Å². The van der Waals surface area contributed by atoms with E-state index in [1.54, 1.807) is 0 Å². The molecule has 0 bridgehead atoms. The maximum atomic E-state index is 10.8. The van der Waals surface area contributed by atoms with Gasteiger partial charge in [-0.3, -0.25) is 4.79 Å². The van der Waals surface area contributed by atoms with E-state index in [1.807, 2.05) is 0 Å². The van der Waals surface area contributed by atoms with Gasteiger partial charge < -0.3 is 9.84 Å². The van der Waals surface area contributed by atoms with E-state index in [0.717, 1.165) is 6.08 Å². The molecule has 0 fully saturated rings. The predicted molar refractivity (Wildman–Crippen MR) is 36.0 cm³/mol. The average Bonchev–Trinajstić information content (AvgIpc) is 2.28. The first kappa shape index (κ1) is 8.45. The zero-order valence-electron chi connectivity index (χ0n) is 6.23. The lowest BCUT2D eigenvalue weighted by Crippen LogP contribution is -2.16. The van der Waals surface area contributed by atoms with Gasteiger partial charge in [-0.15, -0.1) is 0 Å². The second kappa shape index (κ2) is 2.77. The molecule has 0 saturated heterocycles. The van der Waals surface area contributed by atoms with Crippen LogP contribution in [0.2, 0.25) is 0 Å². The van der Waals surface area contributed by atoms with Crippen molar-refractivity contribution in [3.8, 4) is 0 Å². The molecular formula is C7H6O5. The molecular weight excluding hydrogens is 164 g/mol. The number of carboxylic acids is 1. The fraction of sp³-hybridized carbons (Fsp3) is 0.286. The van der Waals surface area contributed by atoms with Crippen LogP contribution in [0.3, 0.4) is 0 Å². The van der Waals surface area contributed by atoms with Crippen LogP contribution in [0.25, 0.3) is 0 Å². The van der Waals surface area contributed by atoms with Crippen LogP contribution < -0.4 is 0 Å². The molecule has 1 unspecified atom stereocenters. The number of hydrogen-bond donors (Lipinski definition) is 1. The van der Waals surface area contributed by atoms with Crippen molar-refractivity contribution in [3.05, 3.63) is 11.6 Å². The third-order valence-corrected chi connectivity index (χ3v) is 1.54. The van der Waals surface area contributed by atoms with E-state index >= 15 is 0 Å². The van der Waals surface area contributed by atoms with Crippen molar-refractivity contribution in [3.63, 3.8) is 0 Å². The van der Waals surface area contributed by atoms with Gasteiger partial charge in [0.15, 0.2) is 0 Å². The number of cyclic esters (lactones) is 2. The van der Waals surface area contributed by atoms with Gasteiger partial charge in [0.25, 0.3) is 0 Å². The third kappa shape index (κ3) is 1.34. The highest BCUT2D eigenvalue weighted by atomic mass is 16.6. The summed E-state index contributed by atoms with van der Waals surface area (Å²) in [6, 6.07) is 0. The van der Waals surface area contributed by atoms with Crippen molar-refractivity contribution in [2.45, 2.75) is 6.92 Å². The minimum Gasteiger partial charge on any atom is -0.481 e. The predicted octanol–water partition coefficient (Wildman–Crippen LogP) is -0.283. The zero-order chi connectivity index (χ0) is 9.30. The van der Waals surface area contributed by atoms with Crippen LogP contribution in [0.1, 0.15) is 6.92 Å². The number of ether oxygens (including phenoxy) is 1. The molecule has 0 aliphatic carbocycles. The van der Waals surface area contributed by atoms with Gasteiger partial charge in [-0.25, -0.2) is 9.59 Å². The van der Waals surface area contributed by atoms with Crippen molar-refractivity contribution in [1.82, 2.24) is 0 Å². The Morgan fingerprint density at radius 1 is 1.58 bits per heavy atom. The SMILES string of the molecule is CC(C(=O)O)C1=CC(=O)OC1=O. The topological polar surface area (TPSA) is 80.7 Å². The Hall–Kier alpha value is -1.65. The molecule has 1 aliphatic rings. The molecule has 12 heavy (non-hydrogen) atoms. The van der Waals surface area contributed by atoms with Crippen molar-refractivity contribution in [2.24, 2.45) is 5.92 Å². The molecule has 64 valence electrons. The molecule has 0 amide bonds. The summed E-state index contributed by atoms with van der Waals surface area (Å²) in [7, 11) is 0. The van der Waals surface area contributed by atoms with E-state index in [4.69, 9.17) is 5.11 Å². The second-order valence-corrected chi connectivity index (χ2v) is 2.37. The van der Waals surface area contributed by atoms with Gasteiger partial charge in [0.2, 0.25) is 0 Å². The first-order chi connectivity index (χ1) is 5.52. The first-order valence-electron chi connectivity index (χ1n) is 3.23. The number of carbonyl (C=O) groups is 3. The number of carboxylic acid groups (broad SMARTS) is 1. The molecule has 0 saturated carbocycles.